The molecule has 1 saturated heterocycles. The lowest BCUT2D eigenvalue weighted by Gasteiger charge is -2.38. The molecule has 7 nitrogen and oxygen atoms in total. The number of hydrogen-bond acceptors (Lipinski definition) is 6. The molecular formula is C22H29F3N4O3. The van der Waals surface area contributed by atoms with Crippen molar-refractivity contribution in [2.75, 3.05) is 20.1 Å². The monoisotopic (exact) mass is 454 g/mol. The highest BCUT2D eigenvalue weighted by Crippen LogP contribution is 2.32. The lowest BCUT2D eigenvalue weighted by Crippen LogP contribution is -2.47. The van der Waals surface area contributed by atoms with E-state index in [1.54, 1.807) is 11.9 Å². The summed E-state index contributed by atoms with van der Waals surface area (Å²) >= 11 is 0. The van der Waals surface area contributed by atoms with Gasteiger partial charge in [-0.15, -0.1) is 0 Å². The number of likely N-dealkylation sites (tertiary alicyclic amines) is 1. The van der Waals surface area contributed by atoms with E-state index >= 15 is 0 Å². The first-order chi connectivity index (χ1) is 14.8. The Bertz CT molecular complexity index is 931. The highest BCUT2D eigenvalue weighted by Gasteiger charge is 2.33. The van der Waals surface area contributed by atoms with E-state index in [0.717, 1.165) is 25.0 Å². The molecule has 1 amide bonds. The number of piperidine rings is 1. The molecule has 2 aromatic rings. The van der Waals surface area contributed by atoms with Gasteiger partial charge < -0.3 is 14.2 Å². The summed E-state index contributed by atoms with van der Waals surface area (Å²) < 4.78 is 49.7. The molecule has 1 aromatic heterocycles. The van der Waals surface area contributed by atoms with Crippen LogP contribution in [0.2, 0.25) is 0 Å². The molecule has 0 aliphatic carbocycles. The Hall–Kier alpha value is -2.62. The first-order valence-corrected chi connectivity index (χ1v) is 10.6. The van der Waals surface area contributed by atoms with Crippen molar-refractivity contribution >= 4 is 6.09 Å². The maximum atomic E-state index is 13.0. The van der Waals surface area contributed by atoms with Gasteiger partial charge in [-0.1, -0.05) is 17.3 Å². The molecule has 1 aliphatic rings. The largest absolute Gasteiger partial charge is 0.444 e. The van der Waals surface area contributed by atoms with Crippen LogP contribution in [0.3, 0.4) is 0 Å². The fourth-order valence-corrected chi connectivity index (χ4v) is 3.66. The molecule has 0 spiro atoms. The molecule has 1 aromatic carbocycles. The summed E-state index contributed by atoms with van der Waals surface area (Å²) in [6.07, 6.45) is -3.26. The topological polar surface area (TPSA) is 71.7 Å². The highest BCUT2D eigenvalue weighted by atomic mass is 19.4. The quantitative estimate of drug-likeness (QED) is 0.637. The van der Waals surface area contributed by atoms with Crippen molar-refractivity contribution in [3.05, 3.63) is 35.7 Å². The molecule has 0 bridgehead atoms. The van der Waals surface area contributed by atoms with Crippen LogP contribution >= 0.6 is 0 Å². The van der Waals surface area contributed by atoms with Gasteiger partial charge in [-0.3, -0.25) is 4.90 Å². The molecule has 10 heteroatoms. The normalized spacial score (nSPS) is 17.2. The Balaban J connectivity index is 1.61. The zero-order chi connectivity index (χ0) is 23.7. The van der Waals surface area contributed by atoms with Crippen molar-refractivity contribution in [1.82, 2.24) is 19.9 Å². The first kappa shape index (κ1) is 24.0. The van der Waals surface area contributed by atoms with Gasteiger partial charge in [0.25, 0.3) is 0 Å². The van der Waals surface area contributed by atoms with Gasteiger partial charge in [0, 0.05) is 31.7 Å². The zero-order valence-corrected chi connectivity index (χ0v) is 18.9. The summed E-state index contributed by atoms with van der Waals surface area (Å²) in [4.78, 5) is 20.4. The summed E-state index contributed by atoms with van der Waals surface area (Å²) in [6, 6.07) is 4.73. The van der Waals surface area contributed by atoms with Gasteiger partial charge in [0.05, 0.1) is 11.6 Å². The van der Waals surface area contributed by atoms with Gasteiger partial charge in [-0.05, 0) is 52.7 Å². The molecule has 176 valence electrons. The number of nitrogens with zero attached hydrogens (tertiary/aromatic N) is 4. The average molecular weight is 454 g/mol. The summed E-state index contributed by atoms with van der Waals surface area (Å²) in [5.41, 5.74) is -1.05. The van der Waals surface area contributed by atoms with E-state index in [9.17, 15) is 18.0 Å². The standard InChI is InChI=1S/C22H29F3N4O3/c1-14(29-11-9-17(10-12-29)28(5)20(30)31-21(2,3)4)19-26-18(27-32-19)15-7-6-8-16(13-15)22(23,24)25/h6-8,13-14,17H,9-12H2,1-5H3. The molecule has 0 radical (unpaired) electrons. The first-order valence-electron chi connectivity index (χ1n) is 10.6. The Morgan fingerprint density at radius 3 is 2.50 bits per heavy atom. The summed E-state index contributed by atoms with van der Waals surface area (Å²) in [5, 5.41) is 3.88. The van der Waals surface area contributed by atoms with Gasteiger partial charge in [0.15, 0.2) is 0 Å². The second-order valence-electron chi connectivity index (χ2n) is 9.07. The Labute approximate surface area is 185 Å². The van der Waals surface area contributed by atoms with Crippen LogP contribution in [0.25, 0.3) is 11.4 Å². The smallest absolute Gasteiger partial charge is 0.416 e. The molecular weight excluding hydrogens is 425 g/mol. The summed E-state index contributed by atoms with van der Waals surface area (Å²) in [5.74, 6) is 0.467. The number of alkyl halides is 3. The summed E-state index contributed by atoms with van der Waals surface area (Å²) in [7, 11) is 1.75. The minimum Gasteiger partial charge on any atom is -0.444 e. The van der Waals surface area contributed by atoms with Crippen LogP contribution in [0, 0.1) is 0 Å². The van der Waals surface area contributed by atoms with Gasteiger partial charge in [-0.2, -0.15) is 18.2 Å². The predicted molar refractivity (Wildman–Crippen MR) is 112 cm³/mol. The average Bonchev–Trinajstić information content (AvgIpc) is 3.21. The zero-order valence-electron chi connectivity index (χ0n) is 18.9. The van der Waals surface area contributed by atoms with Crippen molar-refractivity contribution in [3.8, 4) is 11.4 Å². The van der Waals surface area contributed by atoms with Crippen molar-refractivity contribution in [2.45, 2.75) is 64.4 Å². The van der Waals surface area contributed by atoms with Crippen molar-refractivity contribution in [3.63, 3.8) is 0 Å². The number of carbonyl (C=O) groups excluding carboxylic acids is 1. The second-order valence-corrected chi connectivity index (χ2v) is 9.07. The second kappa shape index (κ2) is 9.09. The number of hydrogen-bond donors (Lipinski definition) is 0. The van der Waals surface area contributed by atoms with Crippen LogP contribution < -0.4 is 0 Å². The van der Waals surface area contributed by atoms with Crippen LogP contribution in [0.4, 0.5) is 18.0 Å². The van der Waals surface area contributed by atoms with Crippen molar-refractivity contribution in [2.24, 2.45) is 0 Å². The van der Waals surface area contributed by atoms with Crippen LogP contribution in [0.1, 0.15) is 58.0 Å². The molecule has 1 atom stereocenters. The Kier molecular flexibility index (Phi) is 6.83. The molecule has 1 aliphatic heterocycles. The molecule has 0 saturated carbocycles. The molecule has 0 N–H and O–H groups in total. The Morgan fingerprint density at radius 2 is 1.91 bits per heavy atom. The van der Waals surface area contributed by atoms with E-state index in [0.29, 0.717) is 19.0 Å². The maximum absolute atomic E-state index is 13.0. The van der Waals surface area contributed by atoms with E-state index in [1.807, 2.05) is 27.7 Å². The van der Waals surface area contributed by atoms with E-state index in [4.69, 9.17) is 9.26 Å². The summed E-state index contributed by atoms with van der Waals surface area (Å²) in [6.45, 7) is 8.84. The number of benzene rings is 1. The third kappa shape index (κ3) is 5.79. The molecule has 1 unspecified atom stereocenters. The predicted octanol–water partition coefficient (Wildman–Crippen LogP) is 5.15. The number of ether oxygens (including phenoxy) is 1. The van der Waals surface area contributed by atoms with E-state index < -0.39 is 17.3 Å². The fraction of sp³-hybridized carbons (Fsp3) is 0.591. The van der Waals surface area contributed by atoms with Crippen molar-refractivity contribution < 1.29 is 27.2 Å². The fourth-order valence-electron chi connectivity index (χ4n) is 3.66. The molecule has 32 heavy (non-hydrogen) atoms. The van der Waals surface area contributed by atoms with Gasteiger partial charge in [0.1, 0.15) is 5.60 Å². The number of halogens is 3. The minimum atomic E-state index is -4.44. The lowest BCUT2D eigenvalue weighted by molar-refractivity contribution is -0.137. The van der Waals surface area contributed by atoms with Gasteiger partial charge in [-0.25, -0.2) is 4.79 Å². The molecule has 1 fully saturated rings. The van der Waals surface area contributed by atoms with E-state index in [2.05, 4.69) is 15.0 Å². The van der Waals surface area contributed by atoms with Crippen LogP contribution in [0.5, 0.6) is 0 Å². The van der Waals surface area contributed by atoms with Crippen molar-refractivity contribution in [1.29, 1.82) is 0 Å². The number of rotatable bonds is 4. The minimum absolute atomic E-state index is 0.0663. The van der Waals surface area contributed by atoms with Gasteiger partial charge in [0.2, 0.25) is 11.7 Å². The molecule has 2 heterocycles. The van der Waals surface area contributed by atoms with Crippen LogP contribution in [-0.2, 0) is 10.9 Å². The highest BCUT2D eigenvalue weighted by molar-refractivity contribution is 5.68. The number of amides is 1. The molecule has 3 rings (SSSR count). The number of carbonyl (C=O) groups is 1. The lowest BCUT2D eigenvalue weighted by atomic mass is 10.0. The van der Waals surface area contributed by atoms with Crippen LogP contribution in [0.15, 0.2) is 28.8 Å². The van der Waals surface area contributed by atoms with Gasteiger partial charge >= 0.3 is 12.3 Å². The third-order valence-corrected chi connectivity index (χ3v) is 5.52. The van der Waals surface area contributed by atoms with E-state index in [-0.39, 0.29) is 29.6 Å². The maximum Gasteiger partial charge on any atom is 0.416 e. The van der Waals surface area contributed by atoms with E-state index in [1.165, 1.54) is 12.1 Å². The van der Waals surface area contributed by atoms with Crippen LogP contribution in [-0.4, -0.2) is 57.8 Å². The Morgan fingerprint density at radius 1 is 1.25 bits per heavy atom. The third-order valence-electron chi connectivity index (χ3n) is 5.52. The number of aromatic nitrogens is 2. The SMILES string of the molecule is CC(c1nc(-c2cccc(C(F)(F)F)c2)no1)N1CCC(N(C)C(=O)OC(C)(C)C)CC1.